The van der Waals surface area contributed by atoms with E-state index in [2.05, 4.69) is 19.6 Å². The van der Waals surface area contributed by atoms with Crippen molar-refractivity contribution in [1.82, 2.24) is 0 Å². The molecule has 2 heteroatoms. The molecule has 2 N–H and O–H groups in total. The first-order chi connectivity index (χ1) is 7.15. The van der Waals surface area contributed by atoms with Gasteiger partial charge in [-0.2, -0.15) is 0 Å². The minimum Gasteiger partial charge on any atom is -0.493 e. The van der Waals surface area contributed by atoms with Gasteiger partial charge in [-0.25, -0.2) is 0 Å². The molecule has 0 heterocycles. The van der Waals surface area contributed by atoms with Crippen LogP contribution in [0.25, 0.3) is 0 Å². The number of hydrogen-bond donors (Lipinski definition) is 1. The predicted molar refractivity (Wildman–Crippen MR) is 64.1 cm³/mol. The Morgan fingerprint density at radius 1 is 1.53 bits per heavy atom. The predicted octanol–water partition coefficient (Wildman–Crippen LogP) is 2.97. The van der Waals surface area contributed by atoms with Gasteiger partial charge in [0.1, 0.15) is 5.75 Å². The van der Waals surface area contributed by atoms with Crippen molar-refractivity contribution in [3.8, 4) is 5.75 Å². The van der Waals surface area contributed by atoms with Crippen LogP contribution >= 0.6 is 0 Å². The van der Waals surface area contributed by atoms with E-state index in [9.17, 15) is 0 Å². The normalized spacial score (nSPS) is 12.2. The van der Waals surface area contributed by atoms with Crippen molar-refractivity contribution >= 4 is 0 Å². The monoisotopic (exact) mass is 205 g/mol. The zero-order valence-electron chi connectivity index (χ0n) is 9.49. The third-order valence-corrected chi connectivity index (χ3v) is 2.24. The molecule has 0 saturated heterocycles. The summed E-state index contributed by atoms with van der Waals surface area (Å²) < 4.78 is 5.64. The zero-order chi connectivity index (χ0) is 11.3. The molecule has 0 fully saturated rings. The number of ether oxygens (including phenoxy) is 1. The topological polar surface area (TPSA) is 35.2 Å². The molecule has 82 valence electrons. The Balaban J connectivity index is 2.81. The highest BCUT2D eigenvalue weighted by Crippen LogP contribution is 2.25. The van der Waals surface area contributed by atoms with Gasteiger partial charge in [-0.15, -0.1) is 6.58 Å². The molecule has 2 nitrogen and oxygen atoms in total. The Morgan fingerprint density at radius 2 is 2.27 bits per heavy atom. The van der Waals surface area contributed by atoms with Gasteiger partial charge < -0.3 is 10.5 Å². The minimum absolute atomic E-state index is 0.00336. The first-order valence-electron chi connectivity index (χ1n) is 5.25. The van der Waals surface area contributed by atoms with Crippen LogP contribution in [-0.4, -0.2) is 6.61 Å². The lowest BCUT2D eigenvalue weighted by atomic mass is 10.1. The van der Waals surface area contributed by atoms with Gasteiger partial charge in [-0.05, 0) is 26.3 Å². The summed E-state index contributed by atoms with van der Waals surface area (Å²) in [6.45, 7) is 8.34. The van der Waals surface area contributed by atoms with Crippen molar-refractivity contribution in [3.63, 3.8) is 0 Å². The van der Waals surface area contributed by atoms with Gasteiger partial charge in [0.2, 0.25) is 0 Å². The second-order valence-electron chi connectivity index (χ2n) is 3.76. The van der Waals surface area contributed by atoms with Crippen molar-refractivity contribution in [2.75, 3.05) is 6.61 Å². The van der Waals surface area contributed by atoms with E-state index >= 15 is 0 Å². The molecule has 1 rings (SSSR count). The summed E-state index contributed by atoms with van der Waals surface area (Å²) >= 11 is 0. The fraction of sp³-hybridized carbons (Fsp3) is 0.385. The van der Waals surface area contributed by atoms with Crippen LogP contribution in [-0.2, 0) is 0 Å². The van der Waals surface area contributed by atoms with Gasteiger partial charge in [0.25, 0.3) is 0 Å². The first kappa shape index (κ1) is 11.8. The van der Waals surface area contributed by atoms with Crippen LogP contribution in [0.1, 0.15) is 30.5 Å². The van der Waals surface area contributed by atoms with E-state index in [1.54, 1.807) is 0 Å². The highest BCUT2D eigenvalue weighted by molar-refractivity contribution is 5.38. The van der Waals surface area contributed by atoms with Crippen molar-refractivity contribution in [3.05, 3.63) is 42.0 Å². The lowest BCUT2D eigenvalue weighted by Gasteiger charge is -2.14. The molecule has 0 amide bonds. The highest BCUT2D eigenvalue weighted by Gasteiger charge is 2.07. The molecule has 1 aromatic carbocycles. The fourth-order valence-electron chi connectivity index (χ4n) is 1.41. The van der Waals surface area contributed by atoms with Crippen LogP contribution in [0.15, 0.2) is 30.9 Å². The van der Waals surface area contributed by atoms with Gasteiger partial charge in [0, 0.05) is 11.6 Å². The molecule has 0 aliphatic carbocycles. The lowest BCUT2D eigenvalue weighted by molar-refractivity contribution is 0.320. The standard InChI is InChI=1S/C13H19NO/c1-4-5-8-15-13-7-6-10(2)9-12(13)11(3)14/h4,6-7,9,11H,1,5,8,14H2,2-3H3/t11-/m0/s1. The SMILES string of the molecule is C=CCCOc1ccc(C)cc1[C@H](C)N. The van der Waals surface area contributed by atoms with E-state index in [1.807, 2.05) is 25.1 Å². The summed E-state index contributed by atoms with van der Waals surface area (Å²) in [7, 11) is 0. The molecular formula is C13H19NO. The quantitative estimate of drug-likeness (QED) is 0.592. The minimum atomic E-state index is 0.00336. The molecule has 1 atom stereocenters. The average Bonchev–Trinajstić information content (AvgIpc) is 2.20. The third-order valence-electron chi connectivity index (χ3n) is 2.24. The molecule has 0 spiro atoms. The van der Waals surface area contributed by atoms with Crippen molar-refractivity contribution in [1.29, 1.82) is 0 Å². The number of benzene rings is 1. The molecule has 0 saturated carbocycles. The third kappa shape index (κ3) is 3.40. The second-order valence-corrected chi connectivity index (χ2v) is 3.76. The van der Waals surface area contributed by atoms with Crippen LogP contribution in [0.2, 0.25) is 0 Å². The van der Waals surface area contributed by atoms with E-state index in [0.29, 0.717) is 6.61 Å². The Labute approximate surface area is 91.7 Å². The summed E-state index contributed by atoms with van der Waals surface area (Å²) in [5.74, 6) is 0.887. The van der Waals surface area contributed by atoms with Gasteiger partial charge in [0.05, 0.1) is 6.61 Å². The first-order valence-corrected chi connectivity index (χ1v) is 5.25. The van der Waals surface area contributed by atoms with Crippen LogP contribution in [0, 0.1) is 6.92 Å². The molecule has 0 aliphatic heterocycles. The van der Waals surface area contributed by atoms with E-state index < -0.39 is 0 Å². The van der Waals surface area contributed by atoms with Crippen LogP contribution in [0.4, 0.5) is 0 Å². The van der Waals surface area contributed by atoms with E-state index in [-0.39, 0.29) is 6.04 Å². The molecule has 1 aromatic rings. The van der Waals surface area contributed by atoms with Crippen molar-refractivity contribution in [2.24, 2.45) is 5.73 Å². The summed E-state index contributed by atoms with van der Waals surface area (Å²) in [5, 5.41) is 0. The van der Waals surface area contributed by atoms with Gasteiger partial charge in [-0.3, -0.25) is 0 Å². The molecule has 0 unspecified atom stereocenters. The number of rotatable bonds is 5. The summed E-state index contributed by atoms with van der Waals surface area (Å²) in [4.78, 5) is 0. The molecule has 0 bridgehead atoms. The largest absolute Gasteiger partial charge is 0.493 e. The van der Waals surface area contributed by atoms with Gasteiger partial charge >= 0.3 is 0 Å². The maximum atomic E-state index is 5.89. The maximum absolute atomic E-state index is 5.89. The van der Waals surface area contributed by atoms with Gasteiger partial charge in [0.15, 0.2) is 0 Å². The Morgan fingerprint density at radius 3 is 2.87 bits per heavy atom. The highest BCUT2D eigenvalue weighted by atomic mass is 16.5. The van der Waals surface area contributed by atoms with Crippen molar-refractivity contribution < 1.29 is 4.74 Å². The van der Waals surface area contributed by atoms with Gasteiger partial charge in [-0.1, -0.05) is 23.8 Å². The Hall–Kier alpha value is -1.28. The molecule has 0 radical (unpaired) electrons. The molecule has 0 aromatic heterocycles. The van der Waals surface area contributed by atoms with Crippen LogP contribution < -0.4 is 10.5 Å². The summed E-state index contributed by atoms with van der Waals surface area (Å²) in [5.41, 5.74) is 8.16. The van der Waals surface area contributed by atoms with Crippen LogP contribution in [0.5, 0.6) is 5.75 Å². The zero-order valence-corrected chi connectivity index (χ0v) is 9.49. The molecular weight excluding hydrogens is 186 g/mol. The Bertz CT molecular complexity index is 331. The van der Waals surface area contributed by atoms with Crippen LogP contribution in [0.3, 0.4) is 0 Å². The van der Waals surface area contributed by atoms with E-state index in [1.165, 1.54) is 5.56 Å². The Kier molecular flexibility index (Phi) is 4.37. The maximum Gasteiger partial charge on any atom is 0.124 e. The van der Waals surface area contributed by atoms with E-state index in [0.717, 1.165) is 17.7 Å². The molecule has 15 heavy (non-hydrogen) atoms. The number of hydrogen-bond acceptors (Lipinski definition) is 2. The van der Waals surface area contributed by atoms with E-state index in [4.69, 9.17) is 10.5 Å². The summed E-state index contributed by atoms with van der Waals surface area (Å²) in [6.07, 6.45) is 2.70. The fourth-order valence-corrected chi connectivity index (χ4v) is 1.41. The lowest BCUT2D eigenvalue weighted by Crippen LogP contribution is -2.08. The second kappa shape index (κ2) is 5.56. The summed E-state index contributed by atoms with van der Waals surface area (Å²) in [6, 6.07) is 6.10. The smallest absolute Gasteiger partial charge is 0.124 e. The molecule has 0 aliphatic rings. The van der Waals surface area contributed by atoms with Crippen molar-refractivity contribution in [2.45, 2.75) is 26.3 Å². The number of aryl methyl sites for hydroxylation is 1. The number of nitrogens with two attached hydrogens (primary N) is 1. The average molecular weight is 205 g/mol.